The zero-order valence-electron chi connectivity index (χ0n) is 15.5. The van der Waals surface area contributed by atoms with Gasteiger partial charge in [-0.2, -0.15) is 5.10 Å². The van der Waals surface area contributed by atoms with Crippen LogP contribution in [0.4, 0.5) is 5.82 Å². The first-order valence-electron chi connectivity index (χ1n) is 9.12. The van der Waals surface area contributed by atoms with Gasteiger partial charge in [0.05, 0.1) is 22.9 Å². The second-order valence-electron chi connectivity index (χ2n) is 6.99. The highest BCUT2D eigenvalue weighted by Gasteiger charge is 2.33. The molecule has 3 heterocycles. The largest absolute Gasteiger partial charge is 0.422 e. The van der Waals surface area contributed by atoms with Crippen LogP contribution in [0.25, 0.3) is 16.7 Å². The van der Waals surface area contributed by atoms with E-state index in [0.717, 1.165) is 0 Å². The van der Waals surface area contributed by atoms with Gasteiger partial charge >= 0.3 is 5.63 Å². The van der Waals surface area contributed by atoms with Crippen LogP contribution >= 0.6 is 0 Å². The Morgan fingerprint density at radius 2 is 1.77 bits per heavy atom. The molecule has 0 spiro atoms. The fourth-order valence-electron chi connectivity index (χ4n) is 3.52. The lowest BCUT2D eigenvalue weighted by atomic mass is 10.1. The topological polar surface area (TPSA) is 111 Å². The first-order valence-corrected chi connectivity index (χ1v) is 10.9. The van der Waals surface area contributed by atoms with E-state index in [1.807, 2.05) is 18.2 Å². The number of sulfone groups is 1. The number of para-hydroxylation sites is 2. The summed E-state index contributed by atoms with van der Waals surface area (Å²) >= 11 is 0. The Balaban J connectivity index is 1.60. The summed E-state index contributed by atoms with van der Waals surface area (Å²) in [4.78, 5) is 25.3. The molecule has 0 bridgehead atoms. The highest BCUT2D eigenvalue weighted by molar-refractivity contribution is 7.90. The van der Waals surface area contributed by atoms with E-state index in [2.05, 4.69) is 10.4 Å². The number of amides is 1. The van der Waals surface area contributed by atoms with Gasteiger partial charge in [0.2, 0.25) is 0 Å². The Kier molecular flexibility index (Phi) is 4.07. The molecule has 0 saturated carbocycles. The molecule has 0 unspecified atom stereocenters. The number of hydrogen-bond donors (Lipinski definition) is 1. The second-order valence-corrected chi connectivity index (χ2v) is 9.06. The summed E-state index contributed by atoms with van der Waals surface area (Å²) in [5.41, 5.74) is 0.896. The quantitative estimate of drug-likeness (QED) is 0.509. The SMILES string of the molecule is O=C(Nc1c2c(nn1-c1ccccc1)CS(=O)(=O)C2)c1cc2ccccc2oc1=O. The van der Waals surface area contributed by atoms with Gasteiger partial charge in [-0.1, -0.05) is 36.4 Å². The highest BCUT2D eigenvalue weighted by Crippen LogP contribution is 2.33. The van der Waals surface area contributed by atoms with E-state index in [-0.39, 0.29) is 22.9 Å². The maximum absolute atomic E-state index is 13.0. The van der Waals surface area contributed by atoms with Crippen LogP contribution in [0.5, 0.6) is 0 Å². The summed E-state index contributed by atoms with van der Waals surface area (Å²) in [5, 5.41) is 7.69. The van der Waals surface area contributed by atoms with Crippen LogP contribution < -0.4 is 10.9 Å². The molecule has 0 radical (unpaired) electrons. The van der Waals surface area contributed by atoms with Crippen LogP contribution in [0.1, 0.15) is 21.6 Å². The molecule has 0 saturated heterocycles. The van der Waals surface area contributed by atoms with Crippen molar-refractivity contribution in [2.45, 2.75) is 11.5 Å². The van der Waals surface area contributed by atoms with Gasteiger partial charge < -0.3 is 9.73 Å². The van der Waals surface area contributed by atoms with E-state index >= 15 is 0 Å². The molecule has 1 amide bonds. The number of anilines is 1. The third kappa shape index (κ3) is 3.09. The van der Waals surface area contributed by atoms with E-state index in [4.69, 9.17) is 4.42 Å². The lowest BCUT2D eigenvalue weighted by Crippen LogP contribution is -2.23. The molecule has 1 aliphatic rings. The number of nitrogens with one attached hydrogen (secondary N) is 1. The Bertz CT molecular complexity index is 1470. The van der Waals surface area contributed by atoms with Crippen molar-refractivity contribution in [3.05, 3.63) is 87.9 Å². The average molecular weight is 421 g/mol. The minimum atomic E-state index is -3.33. The summed E-state index contributed by atoms with van der Waals surface area (Å²) in [6.45, 7) is 0. The lowest BCUT2D eigenvalue weighted by Gasteiger charge is -2.11. The zero-order chi connectivity index (χ0) is 20.9. The maximum Gasteiger partial charge on any atom is 0.349 e. The van der Waals surface area contributed by atoms with Crippen molar-refractivity contribution in [3.8, 4) is 5.69 Å². The first-order chi connectivity index (χ1) is 14.4. The van der Waals surface area contributed by atoms with Gasteiger partial charge in [-0.15, -0.1) is 0 Å². The van der Waals surface area contributed by atoms with E-state index in [0.29, 0.717) is 27.9 Å². The number of carbonyl (C=O) groups is 1. The summed E-state index contributed by atoms with van der Waals surface area (Å²) in [7, 11) is -3.33. The number of hydrogen-bond acceptors (Lipinski definition) is 6. The fourth-order valence-corrected chi connectivity index (χ4v) is 5.02. The lowest BCUT2D eigenvalue weighted by molar-refractivity contribution is 0.102. The van der Waals surface area contributed by atoms with Crippen molar-refractivity contribution in [1.29, 1.82) is 0 Å². The standard InChI is InChI=1S/C21H15N3O5S/c25-20(15-10-13-6-4-5-9-18(13)29-21(15)26)22-19-16-11-30(27,28)12-17(16)23-24(19)14-7-2-1-3-8-14/h1-10H,11-12H2,(H,22,25). The van der Waals surface area contributed by atoms with Crippen LogP contribution in [-0.4, -0.2) is 24.1 Å². The number of fused-ring (bicyclic) bond motifs is 2. The predicted molar refractivity (Wildman–Crippen MR) is 110 cm³/mol. The van der Waals surface area contributed by atoms with E-state index < -0.39 is 21.4 Å². The molecule has 1 N–H and O–H groups in total. The van der Waals surface area contributed by atoms with Crippen LogP contribution in [0, 0.1) is 0 Å². The summed E-state index contributed by atoms with van der Waals surface area (Å²) in [6.07, 6.45) is 0. The molecular formula is C21H15N3O5S. The van der Waals surface area contributed by atoms with Gasteiger partial charge in [0.25, 0.3) is 5.91 Å². The van der Waals surface area contributed by atoms with Gasteiger partial charge in [0, 0.05) is 10.9 Å². The monoisotopic (exact) mass is 421 g/mol. The third-order valence-electron chi connectivity index (χ3n) is 4.91. The van der Waals surface area contributed by atoms with Crippen molar-refractivity contribution in [1.82, 2.24) is 9.78 Å². The Morgan fingerprint density at radius 1 is 1.03 bits per heavy atom. The van der Waals surface area contributed by atoms with Crippen molar-refractivity contribution in [3.63, 3.8) is 0 Å². The number of nitrogens with zero attached hydrogens (tertiary/aromatic N) is 2. The van der Waals surface area contributed by atoms with Crippen LogP contribution in [-0.2, 0) is 21.3 Å². The van der Waals surface area contributed by atoms with Gasteiger partial charge in [-0.25, -0.2) is 17.9 Å². The molecule has 2 aromatic carbocycles. The smallest absolute Gasteiger partial charge is 0.349 e. The molecule has 0 aliphatic carbocycles. The highest BCUT2D eigenvalue weighted by atomic mass is 32.2. The van der Waals surface area contributed by atoms with Gasteiger partial charge in [0.15, 0.2) is 9.84 Å². The predicted octanol–water partition coefficient (Wildman–Crippen LogP) is 2.66. The van der Waals surface area contributed by atoms with Crippen LogP contribution in [0.15, 0.2) is 69.9 Å². The molecule has 1 aliphatic heterocycles. The molecule has 0 atom stereocenters. The summed E-state index contributed by atoms with van der Waals surface area (Å²) in [6, 6.07) is 17.4. The van der Waals surface area contributed by atoms with Crippen molar-refractivity contribution in [2.24, 2.45) is 0 Å². The summed E-state index contributed by atoms with van der Waals surface area (Å²) in [5.74, 6) is -0.881. The Hall–Kier alpha value is -3.72. The molecule has 30 heavy (non-hydrogen) atoms. The molecule has 9 heteroatoms. The average Bonchev–Trinajstić information content (AvgIpc) is 3.20. The molecule has 8 nitrogen and oxygen atoms in total. The van der Waals surface area contributed by atoms with E-state index in [1.54, 1.807) is 36.4 Å². The number of benzene rings is 2. The number of aromatic nitrogens is 2. The maximum atomic E-state index is 13.0. The van der Waals surface area contributed by atoms with Gasteiger partial charge in [0.1, 0.15) is 17.0 Å². The molecule has 2 aromatic heterocycles. The number of rotatable bonds is 3. The van der Waals surface area contributed by atoms with E-state index in [1.165, 1.54) is 10.7 Å². The normalized spacial score (nSPS) is 14.5. The minimum Gasteiger partial charge on any atom is -0.422 e. The van der Waals surface area contributed by atoms with E-state index in [9.17, 15) is 18.0 Å². The van der Waals surface area contributed by atoms with Crippen molar-refractivity contribution in [2.75, 3.05) is 5.32 Å². The first kappa shape index (κ1) is 18.3. The molecule has 4 aromatic rings. The minimum absolute atomic E-state index is 0.177. The van der Waals surface area contributed by atoms with Gasteiger partial charge in [-0.05, 0) is 24.3 Å². The molecular weight excluding hydrogens is 406 g/mol. The molecule has 0 fully saturated rings. The Labute approximate surface area is 170 Å². The van der Waals surface area contributed by atoms with Crippen LogP contribution in [0.3, 0.4) is 0 Å². The molecule has 5 rings (SSSR count). The van der Waals surface area contributed by atoms with Gasteiger partial charge in [-0.3, -0.25) is 4.79 Å². The van der Waals surface area contributed by atoms with Crippen molar-refractivity contribution < 1.29 is 17.6 Å². The molecule has 150 valence electrons. The zero-order valence-corrected chi connectivity index (χ0v) is 16.3. The van der Waals surface area contributed by atoms with Crippen LogP contribution in [0.2, 0.25) is 0 Å². The second kappa shape index (κ2) is 6.67. The fraction of sp³-hybridized carbons (Fsp3) is 0.0952. The Morgan fingerprint density at radius 3 is 2.57 bits per heavy atom. The number of carbonyl (C=O) groups excluding carboxylic acids is 1. The van der Waals surface area contributed by atoms with Crippen molar-refractivity contribution >= 4 is 32.5 Å². The third-order valence-corrected chi connectivity index (χ3v) is 6.35. The summed E-state index contributed by atoms with van der Waals surface area (Å²) < 4.78 is 30.9.